The lowest BCUT2D eigenvalue weighted by Gasteiger charge is -2.24. The number of hydrogen-bond donors (Lipinski definition) is 0. The van der Waals surface area contributed by atoms with Crippen LogP contribution in [0.3, 0.4) is 0 Å². The van der Waals surface area contributed by atoms with Crippen molar-refractivity contribution in [1.82, 2.24) is 0 Å². The molecule has 6 heteroatoms. The largest absolute Gasteiger partial charge is 0.454 e. The fraction of sp³-hybridized carbons (Fsp3) is 0.571. The molecule has 1 atom stereocenters. The monoisotopic (exact) mass is 374 g/mol. The summed E-state index contributed by atoms with van der Waals surface area (Å²) in [6.07, 6.45) is 0.331. The Balaban J connectivity index is 2.70. The minimum atomic E-state index is -0.718. The maximum atomic E-state index is 12.6. The molecular formula is C21H30N2O4. The molecule has 0 aliphatic heterocycles. The Morgan fingerprint density at radius 3 is 2.56 bits per heavy atom. The average Bonchev–Trinajstić information content (AvgIpc) is 2.62. The SMILES string of the molecule is Cc1cccc(N(CCC#N)C(=O)COC(=O)C(C)OCCC(C)C)c1C. The first-order valence-electron chi connectivity index (χ1n) is 9.29. The molecule has 6 nitrogen and oxygen atoms in total. The Hall–Kier alpha value is -2.39. The van der Waals surface area contributed by atoms with E-state index >= 15 is 0 Å². The van der Waals surface area contributed by atoms with Crippen LogP contribution in [0, 0.1) is 31.1 Å². The summed E-state index contributed by atoms with van der Waals surface area (Å²) in [6.45, 7) is 10.00. The van der Waals surface area contributed by atoms with E-state index in [9.17, 15) is 9.59 Å². The molecule has 1 unspecified atom stereocenters. The highest BCUT2D eigenvalue weighted by atomic mass is 16.6. The second-order valence-electron chi connectivity index (χ2n) is 6.98. The van der Waals surface area contributed by atoms with Crippen molar-refractivity contribution < 1.29 is 19.1 Å². The molecule has 0 saturated heterocycles. The maximum Gasteiger partial charge on any atom is 0.335 e. The third-order valence-electron chi connectivity index (χ3n) is 4.35. The normalized spacial score (nSPS) is 11.7. The molecule has 0 fully saturated rings. The second kappa shape index (κ2) is 11.3. The highest BCUT2D eigenvalue weighted by molar-refractivity contribution is 5.96. The van der Waals surface area contributed by atoms with Gasteiger partial charge in [-0.2, -0.15) is 5.26 Å². The third kappa shape index (κ3) is 7.40. The van der Waals surface area contributed by atoms with Crippen LogP contribution in [0.15, 0.2) is 18.2 Å². The molecule has 0 saturated carbocycles. The number of aryl methyl sites for hydroxylation is 1. The van der Waals surface area contributed by atoms with Crippen LogP contribution >= 0.6 is 0 Å². The van der Waals surface area contributed by atoms with E-state index in [4.69, 9.17) is 14.7 Å². The lowest BCUT2D eigenvalue weighted by molar-refractivity contribution is -0.158. The van der Waals surface area contributed by atoms with Crippen molar-refractivity contribution in [3.05, 3.63) is 29.3 Å². The first-order valence-corrected chi connectivity index (χ1v) is 9.29. The van der Waals surface area contributed by atoms with Crippen molar-refractivity contribution in [2.45, 2.75) is 53.6 Å². The van der Waals surface area contributed by atoms with Gasteiger partial charge in [0.1, 0.15) is 0 Å². The molecule has 0 N–H and O–H groups in total. The molecule has 0 bridgehead atoms. The zero-order chi connectivity index (χ0) is 20.4. The van der Waals surface area contributed by atoms with Crippen molar-refractivity contribution in [2.24, 2.45) is 5.92 Å². The van der Waals surface area contributed by atoms with Crippen LogP contribution in [0.2, 0.25) is 0 Å². The first kappa shape index (κ1) is 22.7. The average molecular weight is 374 g/mol. The molecule has 0 aliphatic rings. The highest BCUT2D eigenvalue weighted by Gasteiger charge is 2.22. The molecule has 1 amide bonds. The van der Waals surface area contributed by atoms with E-state index in [0.717, 1.165) is 23.2 Å². The lowest BCUT2D eigenvalue weighted by atomic mass is 10.1. The number of rotatable bonds is 10. The Morgan fingerprint density at radius 2 is 1.93 bits per heavy atom. The van der Waals surface area contributed by atoms with E-state index < -0.39 is 12.1 Å². The van der Waals surface area contributed by atoms with Crippen molar-refractivity contribution in [2.75, 3.05) is 24.7 Å². The van der Waals surface area contributed by atoms with Crippen LogP contribution in [-0.2, 0) is 19.1 Å². The zero-order valence-electron chi connectivity index (χ0n) is 16.9. The van der Waals surface area contributed by atoms with Crippen molar-refractivity contribution >= 4 is 17.6 Å². The third-order valence-corrected chi connectivity index (χ3v) is 4.35. The van der Waals surface area contributed by atoms with E-state index in [2.05, 4.69) is 19.9 Å². The number of amides is 1. The Labute approximate surface area is 162 Å². The van der Waals surface area contributed by atoms with Crippen molar-refractivity contribution in [3.63, 3.8) is 0 Å². The topological polar surface area (TPSA) is 79.6 Å². The van der Waals surface area contributed by atoms with Gasteiger partial charge in [-0.3, -0.25) is 4.79 Å². The van der Waals surface area contributed by atoms with Crippen LogP contribution in [0.5, 0.6) is 0 Å². The molecule has 1 aromatic rings. The van der Waals surface area contributed by atoms with Gasteiger partial charge in [0.15, 0.2) is 12.7 Å². The van der Waals surface area contributed by atoms with E-state index in [1.807, 2.05) is 32.0 Å². The molecule has 1 aromatic carbocycles. The Morgan fingerprint density at radius 1 is 1.22 bits per heavy atom. The number of anilines is 1. The fourth-order valence-corrected chi connectivity index (χ4v) is 2.45. The van der Waals surface area contributed by atoms with Gasteiger partial charge in [0.25, 0.3) is 5.91 Å². The van der Waals surface area contributed by atoms with Gasteiger partial charge in [0, 0.05) is 18.8 Å². The van der Waals surface area contributed by atoms with E-state index in [0.29, 0.717) is 12.5 Å². The molecule has 1 rings (SSSR count). The number of hydrogen-bond acceptors (Lipinski definition) is 5. The first-order chi connectivity index (χ1) is 12.8. The molecule has 148 valence electrons. The molecule has 0 spiro atoms. The van der Waals surface area contributed by atoms with E-state index in [1.165, 1.54) is 4.90 Å². The highest BCUT2D eigenvalue weighted by Crippen LogP contribution is 2.23. The quantitative estimate of drug-likeness (QED) is 0.585. The lowest BCUT2D eigenvalue weighted by Crippen LogP contribution is -2.37. The standard InChI is InChI=1S/C21H30N2O4/c1-15(2)10-13-26-18(5)21(25)27-14-20(24)23(12-7-11-22)19-9-6-8-16(3)17(19)4/h6,8-9,15,18H,7,10,12-14H2,1-5H3. The number of nitrogens with zero attached hydrogens (tertiary/aromatic N) is 2. The number of carbonyl (C=O) groups is 2. The van der Waals surface area contributed by atoms with E-state index in [-0.39, 0.29) is 25.5 Å². The molecule has 0 aliphatic carbocycles. The fourth-order valence-electron chi connectivity index (χ4n) is 2.45. The predicted molar refractivity (Wildman–Crippen MR) is 104 cm³/mol. The minimum Gasteiger partial charge on any atom is -0.454 e. The summed E-state index contributed by atoms with van der Waals surface area (Å²) >= 11 is 0. The molecule has 0 radical (unpaired) electrons. The number of carbonyl (C=O) groups excluding carboxylic acids is 2. The minimum absolute atomic E-state index is 0.196. The summed E-state index contributed by atoms with van der Waals surface area (Å²) in [5, 5.41) is 8.89. The van der Waals surface area contributed by atoms with Gasteiger partial charge in [0.2, 0.25) is 0 Å². The van der Waals surface area contributed by atoms with Gasteiger partial charge in [-0.1, -0.05) is 26.0 Å². The summed E-state index contributed by atoms with van der Waals surface area (Å²) in [7, 11) is 0. The maximum absolute atomic E-state index is 12.6. The van der Waals surface area contributed by atoms with Crippen LogP contribution < -0.4 is 4.90 Å². The number of benzene rings is 1. The van der Waals surface area contributed by atoms with Crippen LogP contribution in [0.25, 0.3) is 0 Å². The van der Waals surface area contributed by atoms with Crippen LogP contribution in [0.1, 0.15) is 44.7 Å². The summed E-state index contributed by atoms with van der Waals surface area (Å²) in [5.41, 5.74) is 2.74. The summed E-state index contributed by atoms with van der Waals surface area (Å²) < 4.78 is 10.6. The summed E-state index contributed by atoms with van der Waals surface area (Å²) in [5.74, 6) is -0.434. The Bertz CT molecular complexity index is 679. The van der Waals surface area contributed by atoms with Crippen molar-refractivity contribution in [1.29, 1.82) is 5.26 Å². The summed E-state index contributed by atoms with van der Waals surface area (Å²) in [4.78, 5) is 26.2. The van der Waals surface area contributed by atoms with E-state index in [1.54, 1.807) is 6.92 Å². The molecule has 27 heavy (non-hydrogen) atoms. The summed E-state index contributed by atoms with van der Waals surface area (Å²) in [6, 6.07) is 7.70. The molecule has 0 heterocycles. The van der Waals surface area contributed by atoms with Gasteiger partial charge in [-0.25, -0.2) is 4.79 Å². The predicted octanol–water partition coefficient (Wildman–Crippen LogP) is 3.54. The number of nitriles is 1. The zero-order valence-corrected chi connectivity index (χ0v) is 16.9. The second-order valence-corrected chi connectivity index (χ2v) is 6.98. The Kier molecular flexibility index (Phi) is 9.52. The van der Waals surface area contributed by atoms with Gasteiger partial charge in [-0.15, -0.1) is 0 Å². The van der Waals surface area contributed by atoms with Crippen LogP contribution in [-0.4, -0.2) is 37.7 Å². The van der Waals surface area contributed by atoms with Gasteiger partial charge in [0.05, 0.1) is 12.5 Å². The molecule has 0 aromatic heterocycles. The van der Waals surface area contributed by atoms with Gasteiger partial charge in [-0.05, 0) is 50.3 Å². The van der Waals surface area contributed by atoms with Gasteiger partial charge >= 0.3 is 5.97 Å². The number of ether oxygens (including phenoxy) is 2. The number of esters is 1. The smallest absolute Gasteiger partial charge is 0.335 e. The molecular weight excluding hydrogens is 344 g/mol. The van der Waals surface area contributed by atoms with Gasteiger partial charge < -0.3 is 14.4 Å². The van der Waals surface area contributed by atoms with Crippen LogP contribution in [0.4, 0.5) is 5.69 Å². The van der Waals surface area contributed by atoms with Crippen molar-refractivity contribution in [3.8, 4) is 6.07 Å².